The number of aromatic nitrogens is 1. The standard InChI is InChI=1S/C16H20N2O2S/c1-3-9-18-13-8-7-12(20-4-2)10-14(13)21-16(18)17-15(19)11-5-6-11/h7-8,10-11H,3-6,9H2,1-2H3. The first-order valence-electron chi connectivity index (χ1n) is 7.57. The summed E-state index contributed by atoms with van der Waals surface area (Å²) in [6, 6.07) is 6.08. The van der Waals surface area contributed by atoms with E-state index < -0.39 is 0 Å². The smallest absolute Gasteiger partial charge is 0.251 e. The molecule has 2 aromatic rings. The van der Waals surface area contributed by atoms with Gasteiger partial charge in [-0.2, -0.15) is 4.99 Å². The van der Waals surface area contributed by atoms with Crippen LogP contribution in [0.2, 0.25) is 0 Å². The number of aryl methyl sites for hydroxylation is 1. The number of amides is 1. The van der Waals surface area contributed by atoms with Crippen molar-refractivity contribution in [1.82, 2.24) is 4.57 Å². The molecule has 1 aliphatic rings. The highest BCUT2D eigenvalue weighted by molar-refractivity contribution is 7.16. The SMILES string of the molecule is CCCn1c(=NC(=O)C2CC2)sc2cc(OCC)ccc21. The summed E-state index contributed by atoms with van der Waals surface area (Å²) < 4.78 is 8.82. The van der Waals surface area contributed by atoms with E-state index in [9.17, 15) is 4.79 Å². The Morgan fingerprint density at radius 3 is 2.90 bits per heavy atom. The molecule has 0 atom stereocenters. The lowest BCUT2D eigenvalue weighted by molar-refractivity contribution is -0.119. The van der Waals surface area contributed by atoms with Crippen LogP contribution in [0.25, 0.3) is 10.2 Å². The van der Waals surface area contributed by atoms with Gasteiger partial charge in [-0.15, -0.1) is 0 Å². The maximum Gasteiger partial charge on any atom is 0.251 e. The second-order valence-corrected chi connectivity index (χ2v) is 6.33. The molecule has 21 heavy (non-hydrogen) atoms. The Balaban J connectivity index is 2.08. The lowest BCUT2D eigenvalue weighted by atomic mass is 10.3. The van der Waals surface area contributed by atoms with E-state index in [-0.39, 0.29) is 11.8 Å². The van der Waals surface area contributed by atoms with E-state index in [2.05, 4.69) is 22.5 Å². The van der Waals surface area contributed by atoms with E-state index in [4.69, 9.17) is 4.74 Å². The zero-order chi connectivity index (χ0) is 14.8. The molecule has 3 rings (SSSR count). The molecule has 1 aromatic carbocycles. The predicted molar refractivity (Wildman–Crippen MR) is 84.6 cm³/mol. The highest BCUT2D eigenvalue weighted by Crippen LogP contribution is 2.30. The summed E-state index contributed by atoms with van der Waals surface area (Å²) in [5.74, 6) is 1.08. The van der Waals surface area contributed by atoms with Gasteiger partial charge in [0.25, 0.3) is 5.91 Å². The van der Waals surface area contributed by atoms with Crippen molar-refractivity contribution < 1.29 is 9.53 Å². The number of benzene rings is 1. The van der Waals surface area contributed by atoms with Crippen LogP contribution in [0, 0.1) is 5.92 Å². The maximum absolute atomic E-state index is 12.0. The number of rotatable bonds is 5. The lowest BCUT2D eigenvalue weighted by Crippen LogP contribution is -2.17. The van der Waals surface area contributed by atoms with Gasteiger partial charge in [-0.25, -0.2) is 0 Å². The van der Waals surface area contributed by atoms with Gasteiger partial charge in [0, 0.05) is 12.5 Å². The van der Waals surface area contributed by atoms with E-state index in [1.807, 2.05) is 19.1 Å². The van der Waals surface area contributed by atoms with Gasteiger partial charge in [0.15, 0.2) is 4.80 Å². The molecular weight excluding hydrogens is 284 g/mol. The molecule has 112 valence electrons. The van der Waals surface area contributed by atoms with Gasteiger partial charge in [-0.3, -0.25) is 4.79 Å². The molecule has 1 fully saturated rings. The first kappa shape index (κ1) is 14.3. The van der Waals surface area contributed by atoms with Gasteiger partial charge in [-0.05, 0) is 44.4 Å². The highest BCUT2D eigenvalue weighted by atomic mass is 32.1. The lowest BCUT2D eigenvalue weighted by Gasteiger charge is -2.04. The Morgan fingerprint density at radius 1 is 1.43 bits per heavy atom. The fraction of sp³-hybridized carbons (Fsp3) is 0.500. The van der Waals surface area contributed by atoms with Crippen molar-refractivity contribution in [3.63, 3.8) is 0 Å². The van der Waals surface area contributed by atoms with Crippen LogP contribution in [0.15, 0.2) is 23.2 Å². The van der Waals surface area contributed by atoms with Crippen molar-refractivity contribution in [3.05, 3.63) is 23.0 Å². The average molecular weight is 304 g/mol. The van der Waals surface area contributed by atoms with Crippen LogP contribution in [0.3, 0.4) is 0 Å². The molecule has 0 unspecified atom stereocenters. The number of carbonyl (C=O) groups excluding carboxylic acids is 1. The van der Waals surface area contributed by atoms with E-state index in [0.29, 0.717) is 6.61 Å². The van der Waals surface area contributed by atoms with E-state index in [1.54, 1.807) is 11.3 Å². The third kappa shape index (κ3) is 3.02. The molecule has 1 heterocycles. The van der Waals surface area contributed by atoms with Crippen molar-refractivity contribution >= 4 is 27.5 Å². The molecule has 0 bridgehead atoms. The van der Waals surface area contributed by atoms with Crippen LogP contribution in [-0.2, 0) is 11.3 Å². The summed E-state index contributed by atoms with van der Waals surface area (Å²) in [6.07, 6.45) is 3.01. The number of ether oxygens (including phenoxy) is 1. The summed E-state index contributed by atoms with van der Waals surface area (Å²) in [5, 5.41) is 0. The minimum Gasteiger partial charge on any atom is -0.494 e. The Hall–Kier alpha value is -1.62. The van der Waals surface area contributed by atoms with Crippen LogP contribution in [0.5, 0.6) is 5.75 Å². The molecule has 1 amide bonds. The third-order valence-corrected chi connectivity index (χ3v) is 4.59. The molecule has 0 N–H and O–H groups in total. The van der Waals surface area contributed by atoms with Crippen molar-refractivity contribution in [2.75, 3.05) is 6.61 Å². The Morgan fingerprint density at radius 2 is 2.24 bits per heavy atom. The minimum atomic E-state index is 0.0384. The molecule has 1 aromatic heterocycles. The number of hydrogen-bond donors (Lipinski definition) is 0. The summed E-state index contributed by atoms with van der Waals surface area (Å²) in [6.45, 7) is 5.65. The number of thiazole rings is 1. The number of hydrogen-bond acceptors (Lipinski definition) is 3. The molecule has 0 spiro atoms. The third-order valence-electron chi connectivity index (χ3n) is 3.54. The van der Waals surface area contributed by atoms with Crippen LogP contribution in [0.4, 0.5) is 0 Å². The molecule has 0 aliphatic heterocycles. The van der Waals surface area contributed by atoms with E-state index in [0.717, 1.165) is 46.6 Å². The fourth-order valence-corrected chi connectivity index (χ4v) is 3.44. The van der Waals surface area contributed by atoms with Crippen LogP contribution in [-0.4, -0.2) is 17.1 Å². The van der Waals surface area contributed by atoms with Gasteiger partial charge >= 0.3 is 0 Å². The Labute approximate surface area is 128 Å². The summed E-state index contributed by atoms with van der Waals surface area (Å²) in [7, 11) is 0. The first-order chi connectivity index (χ1) is 10.2. The van der Waals surface area contributed by atoms with E-state index in [1.165, 1.54) is 0 Å². The van der Waals surface area contributed by atoms with Crippen molar-refractivity contribution in [2.45, 2.75) is 39.7 Å². The summed E-state index contributed by atoms with van der Waals surface area (Å²) in [4.78, 5) is 17.2. The summed E-state index contributed by atoms with van der Waals surface area (Å²) in [5.41, 5.74) is 1.13. The zero-order valence-electron chi connectivity index (χ0n) is 12.5. The van der Waals surface area contributed by atoms with Gasteiger partial charge < -0.3 is 9.30 Å². The fourth-order valence-electron chi connectivity index (χ4n) is 2.35. The van der Waals surface area contributed by atoms with Crippen LogP contribution in [0.1, 0.15) is 33.1 Å². The zero-order valence-corrected chi connectivity index (χ0v) is 13.3. The molecule has 0 saturated heterocycles. The van der Waals surface area contributed by atoms with Crippen molar-refractivity contribution in [2.24, 2.45) is 10.9 Å². The molecule has 5 heteroatoms. The summed E-state index contributed by atoms with van der Waals surface area (Å²) >= 11 is 1.57. The minimum absolute atomic E-state index is 0.0384. The largest absolute Gasteiger partial charge is 0.494 e. The van der Waals surface area contributed by atoms with Crippen LogP contribution < -0.4 is 9.54 Å². The number of carbonyl (C=O) groups is 1. The van der Waals surface area contributed by atoms with Crippen molar-refractivity contribution in [3.8, 4) is 5.75 Å². The molecule has 1 saturated carbocycles. The number of fused-ring (bicyclic) bond motifs is 1. The van der Waals surface area contributed by atoms with Gasteiger partial charge in [0.1, 0.15) is 5.75 Å². The Kier molecular flexibility index (Phi) is 4.10. The second-order valence-electron chi connectivity index (χ2n) is 5.32. The van der Waals surface area contributed by atoms with Gasteiger partial charge in [0.05, 0.1) is 16.8 Å². The second kappa shape index (κ2) is 6.02. The Bertz CT molecular complexity index is 725. The average Bonchev–Trinajstić information content (AvgIpc) is 3.26. The van der Waals surface area contributed by atoms with Gasteiger partial charge in [-0.1, -0.05) is 18.3 Å². The quantitative estimate of drug-likeness (QED) is 0.850. The maximum atomic E-state index is 12.0. The molecule has 1 aliphatic carbocycles. The molecule has 0 radical (unpaired) electrons. The first-order valence-corrected chi connectivity index (χ1v) is 8.39. The predicted octanol–water partition coefficient (Wildman–Crippen LogP) is 3.35. The number of nitrogens with zero attached hydrogens (tertiary/aromatic N) is 2. The molecule has 4 nitrogen and oxygen atoms in total. The van der Waals surface area contributed by atoms with Gasteiger partial charge in [0.2, 0.25) is 0 Å². The monoisotopic (exact) mass is 304 g/mol. The normalized spacial score (nSPS) is 15.6. The van der Waals surface area contributed by atoms with Crippen molar-refractivity contribution in [1.29, 1.82) is 0 Å². The highest BCUT2D eigenvalue weighted by Gasteiger charge is 2.29. The molecular formula is C16H20N2O2S. The van der Waals surface area contributed by atoms with E-state index >= 15 is 0 Å². The van der Waals surface area contributed by atoms with Crippen LogP contribution >= 0.6 is 11.3 Å². The topological polar surface area (TPSA) is 43.6 Å².